The number of benzene rings is 1. The molecule has 0 unspecified atom stereocenters. The fourth-order valence-electron chi connectivity index (χ4n) is 2.61. The van der Waals surface area contributed by atoms with Crippen molar-refractivity contribution in [2.75, 3.05) is 13.7 Å². The summed E-state index contributed by atoms with van der Waals surface area (Å²) in [5.41, 5.74) is 11.5. The van der Waals surface area contributed by atoms with Crippen LogP contribution in [0.3, 0.4) is 0 Å². The predicted molar refractivity (Wildman–Crippen MR) is 71.6 cm³/mol. The molecule has 1 saturated carbocycles. The minimum absolute atomic E-state index is 0.361. The average Bonchev–Trinajstić information content (AvgIpc) is 3.07. The van der Waals surface area contributed by atoms with Crippen molar-refractivity contribution in [3.8, 4) is 5.75 Å². The van der Waals surface area contributed by atoms with E-state index >= 15 is 0 Å². The maximum Gasteiger partial charge on any atom is 0.125 e. The Balaban J connectivity index is 2.42. The van der Waals surface area contributed by atoms with Gasteiger partial charge in [0.05, 0.1) is 7.11 Å². The highest BCUT2D eigenvalue weighted by molar-refractivity contribution is 5.50. The van der Waals surface area contributed by atoms with Crippen LogP contribution in [-0.2, 0) is 6.42 Å². The molecular weight excluding hydrogens is 210 g/mol. The van der Waals surface area contributed by atoms with Gasteiger partial charge in [0.2, 0.25) is 0 Å². The zero-order chi connectivity index (χ0) is 12.6. The molecule has 2 nitrogen and oxygen atoms in total. The first kappa shape index (κ1) is 12.4. The van der Waals surface area contributed by atoms with E-state index in [1.54, 1.807) is 7.11 Å². The number of rotatable bonds is 4. The zero-order valence-electron chi connectivity index (χ0n) is 11.4. The van der Waals surface area contributed by atoms with Crippen LogP contribution in [-0.4, -0.2) is 13.7 Å². The van der Waals surface area contributed by atoms with Gasteiger partial charge < -0.3 is 10.5 Å². The van der Waals surface area contributed by atoms with Gasteiger partial charge in [-0.1, -0.05) is 6.07 Å². The van der Waals surface area contributed by atoms with Crippen molar-refractivity contribution in [2.45, 2.75) is 40.0 Å². The van der Waals surface area contributed by atoms with Gasteiger partial charge in [-0.15, -0.1) is 0 Å². The van der Waals surface area contributed by atoms with E-state index < -0.39 is 0 Å². The molecule has 0 bridgehead atoms. The van der Waals surface area contributed by atoms with Crippen LogP contribution in [0.1, 0.15) is 35.1 Å². The highest BCUT2D eigenvalue weighted by Crippen LogP contribution is 2.49. The molecule has 0 aromatic heterocycles. The summed E-state index contributed by atoms with van der Waals surface area (Å²) < 4.78 is 5.62. The third-order valence-corrected chi connectivity index (χ3v) is 4.26. The van der Waals surface area contributed by atoms with E-state index in [0.29, 0.717) is 5.41 Å². The number of ether oxygens (including phenoxy) is 1. The molecule has 0 heterocycles. The van der Waals surface area contributed by atoms with Crippen molar-refractivity contribution in [2.24, 2.45) is 11.1 Å². The van der Waals surface area contributed by atoms with E-state index in [-0.39, 0.29) is 0 Å². The number of aryl methyl sites for hydroxylation is 2. The minimum Gasteiger partial charge on any atom is -0.496 e. The van der Waals surface area contributed by atoms with Crippen molar-refractivity contribution < 1.29 is 4.74 Å². The minimum atomic E-state index is 0.361. The fourth-order valence-corrected chi connectivity index (χ4v) is 2.61. The fraction of sp³-hybridized carbons (Fsp3) is 0.600. The Morgan fingerprint density at radius 1 is 1.24 bits per heavy atom. The van der Waals surface area contributed by atoms with Gasteiger partial charge >= 0.3 is 0 Å². The molecule has 17 heavy (non-hydrogen) atoms. The molecular formula is C15H23NO. The molecule has 0 aliphatic heterocycles. The van der Waals surface area contributed by atoms with Crippen LogP contribution in [0.25, 0.3) is 0 Å². The Morgan fingerprint density at radius 3 is 2.35 bits per heavy atom. The molecule has 94 valence electrons. The summed E-state index contributed by atoms with van der Waals surface area (Å²) in [5, 5.41) is 0. The Labute approximate surface area is 104 Å². The molecule has 2 heteroatoms. The van der Waals surface area contributed by atoms with E-state index in [1.807, 2.05) is 0 Å². The molecule has 1 aromatic rings. The molecule has 0 atom stereocenters. The van der Waals surface area contributed by atoms with Crippen molar-refractivity contribution in [3.63, 3.8) is 0 Å². The smallest absolute Gasteiger partial charge is 0.125 e. The maximum atomic E-state index is 5.89. The average molecular weight is 233 g/mol. The Bertz CT molecular complexity index is 433. The first-order chi connectivity index (χ1) is 8.03. The Morgan fingerprint density at radius 2 is 1.88 bits per heavy atom. The van der Waals surface area contributed by atoms with E-state index in [1.165, 1.54) is 35.1 Å². The number of methoxy groups -OCH3 is 1. The van der Waals surface area contributed by atoms with Gasteiger partial charge in [0.15, 0.2) is 0 Å². The molecule has 2 N–H and O–H groups in total. The third-order valence-electron chi connectivity index (χ3n) is 4.26. The molecule has 0 amide bonds. The standard InChI is InChI=1S/C15H23NO/c1-10-7-11(2)13(14(17-4)12(10)3)8-15(9-16)5-6-15/h7H,5-6,8-9,16H2,1-4H3. The van der Waals surface area contributed by atoms with Gasteiger partial charge in [-0.25, -0.2) is 0 Å². The summed E-state index contributed by atoms with van der Waals surface area (Å²) >= 11 is 0. The number of hydrogen-bond donors (Lipinski definition) is 1. The lowest BCUT2D eigenvalue weighted by molar-refractivity contribution is 0.398. The summed E-state index contributed by atoms with van der Waals surface area (Å²) in [7, 11) is 1.77. The van der Waals surface area contributed by atoms with Gasteiger partial charge in [-0.3, -0.25) is 0 Å². The molecule has 1 aliphatic rings. The second kappa shape index (κ2) is 4.34. The summed E-state index contributed by atoms with van der Waals surface area (Å²) in [6.07, 6.45) is 3.59. The van der Waals surface area contributed by atoms with Crippen LogP contribution in [0.15, 0.2) is 6.07 Å². The van der Waals surface area contributed by atoms with Crippen molar-refractivity contribution in [3.05, 3.63) is 28.3 Å². The highest BCUT2D eigenvalue weighted by atomic mass is 16.5. The lowest BCUT2D eigenvalue weighted by Gasteiger charge is -2.20. The first-order valence-corrected chi connectivity index (χ1v) is 6.37. The van der Waals surface area contributed by atoms with E-state index in [9.17, 15) is 0 Å². The van der Waals surface area contributed by atoms with Crippen LogP contribution in [0.4, 0.5) is 0 Å². The molecule has 0 spiro atoms. The van der Waals surface area contributed by atoms with Crippen molar-refractivity contribution in [1.82, 2.24) is 0 Å². The van der Waals surface area contributed by atoms with E-state index in [0.717, 1.165) is 18.7 Å². The molecule has 2 rings (SSSR count). The molecule has 1 fully saturated rings. The SMILES string of the molecule is COc1c(C)c(C)cc(C)c1CC1(CN)CC1. The Hall–Kier alpha value is -1.02. The highest BCUT2D eigenvalue weighted by Gasteiger charge is 2.42. The van der Waals surface area contributed by atoms with Gasteiger partial charge in [0, 0.05) is 0 Å². The summed E-state index contributed by atoms with van der Waals surface area (Å²) in [6, 6.07) is 2.26. The van der Waals surface area contributed by atoms with Crippen LogP contribution in [0.2, 0.25) is 0 Å². The largest absolute Gasteiger partial charge is 0.496 e. The van der Waals surface area contributed by atoms with E-state index in [4.69, 9.17) is 10.5 Å². The second-order valence-corrected chi connectivity index (χ2v) is 5.53. The topological polar surface area (TPSA) is 35.2 Å². The summed E-state index contributed by atoms with van der Waals surface area (Å²) in [5.74, 6) is 1.07. The van der Waals surface area contributed by atoms with Gasteiger partial charge in [0.25, 0.3) is 0 Å². The van der Waals surface area contributed by atoms with Crippen LogP contribution in [0.5, 0.6) is 5.75 Å². The first-order valence-electron chi connectivity index (χ1n) is 6.37. The third kappa shape index (κ3) is 2.19. The predicted octanol–water partition coefficient (Wildman–Crippen LogP) is 2.90. The lowest BCUT2D eigenvalue weighted by Crippen LogP contribution is -2.19. The quantitative estimate of drug-likeness (QED) is 0.868. The monoisotopic (exact) mass is 233 g/mol. The number of nitrogens with two attached hydrogens (primary N) is 1. The number of hydrogen-bond acceptors (Lipinski definition) is 2. The normalized spacial score (nSPS) is 17.0. The Kier molecular flexibility index (Phi) is 3.17. The zero-order valence-corrected chi connectivity index (χ0v) is 11.4. The van der Waals surface area contributed by atoms with E-state index in [2.05, 4.69) is 26.8 Å². The second-order valence-electron chi connectivity index (χ2n) is 5.53. The summed E-state index contributed by atoms with van der Waals surface area (Å²) in [4.78, 5) is 0. The maximum absolute atomic E-state index is 5.89. The molecule has 1 aromatic carbocycles. The molecule has 0 radical (unpaired) electrons. The van der Waals surface area contributed by atoms with Gasteiger partial charge in [-0.05, 0) is 74.2 Å². The van der Waals surface area contributed by atoms with Crippen molar-refractivity contribution in [1.29, 1.82) is 0 Å². The summed E-state index contributed by atoms with van der Waals surface area (Å²) in [6.45, 7) is 7.25. The van der Waals surface area contributed by atoms with Crippen molar-refractivity contribution >= 4 is 0 Å². The van der Waals surface area contributed by atoms with Gasteiger partial charge in [-0.2, -0.15) is 0 Å². The molecule has 1 aliphatic carbocycles. The molecule has 0 saturated heterocycles. The lowest BCUT2D eigenvalue weighted by atomic mass is 9.90. The van der Waals surface area contributed by atoms with Crippen LogP contribution < -0.4 is 10.5 Å². The van der Waals surface area contributed by atoms with Crippen LogP contribution >= 0.6 is 0 Å². The van der Waals surface area contributed by atoms with Gasteiger partial charge in [0.1, 0.15) is 5.75 Å². The van der Waals surface area contributed by atoms with Crippen LogP contribution in [0, 0.1) is 26.2 Å².